The van der Waals surface area contributed by atoms with Crippen LogP contribution in [-0.2, 0) is 10.0 Å². The van der Waals surface area contributed by atoms with E-state index in [1.165, 1.54) is 11.3 Å². The fourth-order valence-electron chi connectivity index (χ4n) is 2.25. The number of halogens is 1. The second kappa shape index (κ2) is 5.69. The van der Waals surface area contributed by atoms with Crippen LogP contribution in [0.1, 0.15) is 30.2 Å². The van der Waals surface area contributed by atoms with Crippen molar-refractivity contribution in [1.82, 2.24) is 4.72 Å². The lowest BCUT2D eigenvalue weighted by molar-refractivity contribution is 0.374. The topological polar surface area (TPSA) is 72.2 Å². The first kappa shape index (κ1) is 16.9. The van der Waals surface area contributed by atoms with Crippen LogP contribution < -0.4 is 10.5 Å². The van der Waals surface area contributed by atoms with Crippen molar-refractivity contribution >= 4 is 33.8 Å². The summed E-state index contributed by atoms with van der Waals surface area (Å²) in [5.74, 6) is 0.374. The molecule has 0 spiro atoms. The largest absolute Gasteiger partial charge is 0.329 e. The Morgan fingerprint density at radius 2 is 2.05 bits per heavy atom. The number of nitrogens with two attached hydrogens (primary N) is 1. The van der Waals surface area contributed by atoms with Gasteiger partial charge >= 0.3 is 0 Å². The summed E-state index contributed by atoms with van der Waals surface area (Å²) in [6.07, 6.45) is 2.11. The van der Waals surface area contributed by atoms with E-state index in [4.69, 9.17) is 5.73 Å². The van der Waals surface area contributed by atoms with Gasteiger partial charge in [0.1, 0.15) is 4.21 Å². The fraction of sp³-hybridized carbons (Fsp3) is 0.667. The van der Waals surface area contributed by atoms with Gasteiger partial charge in [0.05, 0.1) is 0 Å². The van der Waals surface area contributed by atoms with E-state index in [0.717, 1.165) is 23.3 Å². The highest BCUT2D eigenvalue weighted by atomic mass is 35.5. The van der Waals surface area contributed by atoms with Gasteiger partial charge < -0.3 is 5.73 Å². The molecule has 1 aromatic heterocycles. The molecular weight excluding hydrogens is 304 g/mol. The molecule has 0 aliphatic heterocycles. The molecule has 0 amide bonds. The first-order valence-electron chi connectivity index (χ1n) is 6.09. The fourth-order valence-corrected chi connectivity index (χ4v) is 5.40. The minimum atomic E-state index is -3.46. The highest BCUT2D eigenvalue weighted by Gasteiger charge is 2.43. The van der Waals surface area contributed by atoms with Crippen molar-refractivity contribution in [3.63, 3.8) is 0 Å². The maximum atomic E-state index is 12.4. The van der Waals surface area contributed by atoms with Crippen molar-refractivity contribution in [2.45, 2.75) is 43.4 Å². The van der Waals surface area contributed by atoms with Crippen LogP contribution in [0.2, 0.25) is 0 Å². The van der Waals surface area contributed by atoms with Crippen LogP contribution in [0.3, 0.4) is 0 Å². The average molecular weight is 325 g/mol. The molecule has 7 heteroatoms. The van der Waals surface area contributed by atoms with Crippen molar-refractivity contribution in [2.75, 3.05) is 6.54 Å². The summed E-state index contributed by atoms with van der Waals surface area (Å²) in [7, 11) is -3.46. The maximum Gasteiger partial charge on any atom is 0.250 e. The first-order chi connectivity index (χ1) is 8.28. The molecule has 1 aliphatic rings. The smallest absolute Gasteiger partial charge is 0.250 e. The number of hydrogen-bond donors (Lipinski definition) is 2. The Bertz CT molecular complexity index is 552. The number of nitrogens with one attached hydrogen (secondary N) is 1. The Balaban J connectivity index is 0.00000180. The van der Waals surface area contributed by atoms with Gasteiger partial charge in [-0.05, 0) is 51.2 Å². The van der Waals surface area contributed by atoms with Gasteiger partial charge in [-0.15, -0.1) is 23.7 Å². The summed E-state index contributed by atoms with van der Waals surface area (Å²) in [6, 6.07) is 1.90. The zero-order valence-corrected chi connectivity index (χ0v) is 13.8. The van der Waals surface area contributed by atoms with E-state index in [1.54, 1.807) is 0 Å². The van der Waals surface area contributed by atoms with Crippen molar-refractivity contribution in [3.05, 3.63) is 16.5 Å². The summed E-state index contributed by atoms with van der Waals surface area (Å²) in [5, 5.41) is 0. The summed E-state index contributed by atoms with van der Waals surface area (Å²) < 4.78 is 28.1. The van der Waals surface area contributed by atoms with Gasteiger partial charge in [-0.3, -0.25) is 0 Å². The van der Waals surface area contributed by atoms with Gasteiger partial charge in [0.2, 0.25) is 0 Å². The van der Waals surface area contributed by atoms with Gasteiger partial charge in [-0.25, -0.2) is 13.1 Å². The summed E-state index contributed by atoms with van der Waals surface area (Å²) in [4.78, 5) is 1.01. The number of sulfonamides is 1. The van der Waals surface area contributed by atoms with E-state index in [-0.39, 0.29) is 12.4 Å². The molecule has 1 aliphatic carbocycles. The highest BCUT2D eigenvalue weighted by molar-refractivity contribution is 7.91. The zero-order valence-electron chi connectivity index (χ0n) is 11.4. The van der Waals surface area contributed by atoms with Gasteiger partial charge in [0, 0.05) is 17.0 Å². The molecule has 0 bridgehead atoms. The Hall–Kier alpha value is -0.140. The van der Waals surface area contributed by atoms with E-state index < -0.39 is 15.6 Å². The molecule has 0 aromatic carbocycles. The minimum absolute atomic E-state index is 0. The zero-order chi connectivity index (χ0) is 13.6. The second-order valence-electron chi connectivity index (χ2n) is 5.33. The van der Waals surface area contributed by atoms with Crippen LogP contribution in [0.15, 0.2) is 10.3 Å². The minimum Gasteiger partial charge on any atom is -0.329 e. The molecule has 0 radical (unpaired) electrons. The molecule has 1 saturated carbocycles. The van der Waals surface area contributed by atoms with E-state index >= 15 is 0 Å². The van der Waals surface area contributed by atoms with Crippen LogP contribution in [-0.4, -0.2) is 20.5 Å². The number of rotatable bonds is 5. The van der Waals surface area contributed by atoms with E-state index in [0.29, 0.717) is 16.7 Å². The van der Waals surface area contributed by atoms with Crippen LogP contribution in [0, 0.1) is 19.8 Å². The van der Waals surface area contributed by atoms with E-state index in [1.807, 2.05) is 26.8 Å². The Labute approximate surface area is 125 Å². The van der Waals surface area contributed by atoms with E-state index in [2.05, 4.69) is 4.72 Å². The van der Waals surface area contributed by atoms with Gasteiger partial charge in [0.15, 0.2) is 0 Å². The lowest BCUT2D eigenvalue weighted by Gasteiger charge is -2.28. The molecule has 3 N–H and O–H groups in total. The molecule has 19 heavy (non-hydrogen) atoms. The van der Waals surface area contributed by atoms with E-state index in [9.17, 15) is 8.42 Å². The maximum absolute atomic E-state index is 12.4. The van der Waals surface area contributed by atoms with Crippen LogP contribution in [0.5, 0.6) is 0 Å². The molecule has 110 valence electrons. The molecule has 1 aromatic rings. The van der Waals surface area contributed by atoms with Crippen molar-refractivity contribution < 1.29 is 8.42 Å². The molecule has 4 nitrogen and oxygen atoms in total. The number of hydrogen-bond acceptors (Lipinski definition) is 4. The number of thiophene rings is 1. The first-order valence-corrected chi connectivity index (χ1v) is 8.39. The normalized spacial score (nSPS) is 18.7. The predicted octanol–water partition coefficient (Wildman–Crippen LogP) is 2.19. The summed E-state index contributed by atoms with van der Waals surface area (Å²) in [5.41, 5.74) is 6.05. The second-order valence-corrected chi connectivity index (χ2v) is 8.46. The monoisotopic (exact) mass is 324 g/mol. The Morgan fingerprint density at radius 1 is 1.47 bits per heavy atom. The lowest BCUT2D eigenvalue weighted by atomic mass is 9.98. The van der Waals surface area contributed by atoms with Crippen molar-refractivity contribution in [2.24, 2.45) is 11.7 Å². The molecule has 1 fully saturated rings. The van der Waals surface area contributed by atoms with Gasteiger partial charge in [-0.1, -0.05) is 0 Å². The van der Waals surface area contributed by atoms with Crippen molar-refractivity contribution in [1.29, 1.82) is 0 Å². The van der Waals surface area contributed by atoms with Gasteiger partial charge in [-0.2, -0.15) is 0 Å². The van der Waals surface area contributed by atoms with Crippen molar-refractivity contribution in [3.8, 4) is 0 Å². The molecule has 1 heterocycles. The third-order valence-corrected chi connectivity index (χ3v) is 6.91. The molecule has 2 rings (SSSR count). The van der Waals surface area contributed by atoms with Gasteiger partial charge in [0.25, 0.3) is 10.0 Å². The standard InChI is InChI=1S/C12H20N2O2S2.ClH/c1-8-6-9(2)17-11(8)18(15,16)14-12(3,7-13)10-4-5-10;/h6,10,14H,4-5,7,13H2,1-3H3;1H. The van der Waals surface area contributed by atoms with Crippen LogP contribution >= 0.6 is 23.7 Å². The Morgan fingerprint density at radius 3 is 2.42 bits per heavy atom. The average Bonchev–Trinajstić information content (AvgIpc) is 3.04. The van der Waals surface area contributed by atoms with Crippen LogP contribution in [0.25, 0.3) is 0 Å². The predicted molar refractivity (Wildman–Crippen MR) is 81.5 cm³/mol. The lowest BCUT2D eigenvalue weighted by Crippen LogP contribution is -2.52. The van der Waals surface area contributed by atoms with Crippen LogP contribution in [0.4, 0.5) is 0 Å². The quantitative estimate of drug-likeness (QED) is 0.872. The molecule has 1 atom stereocenters. The highest BCUT2D eigenvalue weighted by Crippen LogP contribution is 2.40. The number of aryl methyl sites for hydroxylation is 2. The Kier molecular flexibility index (Phi) is 5.07. The molecule has 0 saturated heterocycles. The summed E-state index contributed by atoms with van der Waals surface area (Å²) in [6.45, 7) is 5.98. The summed E-state index contributed by atoms with van der Waals surface area (Å²) >= 11 is 1.31. The molecular formula is C12H21ClN2O2S2. The third kappa shape index (κ3) is 3.49. The molecule has 1 unspecified atom stereocenters. The third-order valence-electron chi connectivity index (χ3n) is 3.51. The SMILES string of the molecule is Cc1cc(C)c(S(=O)(=O)NC(C)(CN)C2CC2)s1.Cl.